The van der Waals surface area contributed by atoms with Gasteiger partial charge >= 0.3 is 0 Å². The smallest absolute Gasteiger partial charge is 0.127 e. The van der Waals surface area contributed by atoms with E-state index in [0.29, 0.717) is 0 Å². The second kappa shape index (κ2) is 5.51. The zero-order valence-electron chi connectivity index (χ0n) is 11.2. The zero-order chi connectivity index (χ0) is 13.9. The Morgan fingerprint density at radius 3 is 2.55 bits per heavy atom. The fourth-order valence-corrected chi connectivity index (χ4v) is 2.57. The van der Waals surface area contributed by atoms with Crippen LogP contribution in [0.3, 0.4) is 0 Å². The molecule has 20 heavy (non-hydrogen) atoms. The van der Waals surface area contributed by atoms with Gasteiger partial charge in [0.1, 0.15) is 5.82 Å². The molecule has 1 heterocycles. The Morgan fingerprint density at radius 2 is 1.70 bits per heavy atom. The standard InChI is InChI=1S/C17H15ClN2/c1-12(14-7-3-4-8-15(14)18)19-17-11-10-13-6-2-5-9-16(13)20-17/h2-12H,1H3,(H,19,20). The summed E-state index contributed by atoms with van der Waals surface area (Å²) in [5.41, 5.74) is 2.06. The second-order valence-corrected chi connectivity index (χ2v) is 5.18. The predicted molar refractivity (Wildman–Crippen MR) is 85.2 cm³/mol. The normalized spacial score (nSPS) is 12.3. The molecule has 1 atom stereocenters. The van der Waals surface area contributed by atoms with Crippen molar-refractivity contribution in [2.45, 2.75) is 13.0 Å². The highest BCUT2D eigenvalue weighted by Gasteiger charge is 2.09. The van der Waals surface area contributed by atoms with Crippen LogP contribution in [0.2, 0.25) is 5.02 Å². The summed E-state index contributed by atoms with van der Waals surface area (Å²) in [4.78, 5) is 4.62. The van der Waals surface area contributed by atoms with Crippen molar-refractivity contribution in [1.82, 2.24) is 4.98 Å². The van der Waals surface area contributed by atoms with Crippen LogP contribution in [0.25, 0.3) is 10.9 Å². The number of pyridine rings is 1. The maximum Gasteiger partial charge on any atom is 0.127 e. The third-order valence-electron chi connectivity index (χ3n) is 3.33. The van der Waals surface area contributed by atoms with Gasteiger partial charge in [0.05, 0.1) is 11.6 Å². The highest BCUT2D eigenvalue weighted by Crippen LogP contribution is 2.25. The second-order valence-electron chi connectivity index (χ2n) is 4.78. The lowest BCUT2D eigenvalue weighted by Crippen LogP contribution is -2.08. The molecule has 100 valence electrons. The van der Waals surface area contributed by atoms with E-state index in [1.54, 1.807) is 0 Å². The molecular weight excluding hydrogens is 268 g/mol. The van der Waals surface area contributed by atoms with Crippen LogP contribution in [0.1, 0.15) is 18.5 Å². The number of nitrogens with one attached hydrogen (secondary N) is 1. The first-order chi connectivity index (χ1) is 9.74. The average molecular weight is 283 g/mol. The monoisotopic (exact) mass is 282 g/mol. The molecular formula is C17H15ClN2. The molecule has 0 aliphatic carbocycles. The van der Waals surface area contributed by atoms with Crippen molar-refractivity contribution in [1.29, 1.82) is 0 Å². The molecule has 2 aromatic carbocycles. The number of para-hydroxylation sites is 1. The highest BCUT2D eigenvalue weighted by molar-refractivity contribution is 6.31. The summed E-state index contributed by atoms with van der Waals surface area (Å²) in [5.74, 6) is 0.858. The number of hydrogen-bond donors (Lipinski definition) is 1. The average Bonchev–Trinajstić information content (AvgIpc) is 2.47. The first kappa shape index (κ1) is 12.9. The van der Waals surface area contributed by atoms with Gasteiger partial charge in [0.2, 0.25) is 0 Å². The van der Waals surface area contributed by atoms with Crippen molar-refractivity contribution < 1.29 is 0 Å². The molecule has 0 bridgehead atoms. The lowest BCUT2D eigenvalue weighted by Gasteiger charge is -2.16. The molecule has 3 rings (SSSR count). The quantitative estimate of drug-likeness (QED) is 0.726. The molecule has 1 N–H and O–H groups in total. The Morgan fingerprint density at radius 1 is 0.950 bits per heavy atom. The van der Waals surface area contributed by atoms with Gasteiger partial charge in [-0.1, -0.05) is 48.0 Å². The summed E-state index contributed by atoms with van der Waals surface area (Å²) >= 11 is 6.22. The van der Waals surface area contributed by atoms with Crippen LogP contribution in [0.15, 0.2) is 60.7 Å². The van der Waals surface area contributed by atoms with Crippen molar-refractivity contribution >= 4 is 28.3 Å². The number of aromatic nitrogens is 1. The molecule has 0 saturated heterocycles. The van der Waals surface area contributed by atoms with Crippen LogP contribution in [-0.4, -0.2) is 4.98 Å². The molecule has 3 aromatic rings. The van der Waals surface area contributed by atoms with Crippen LogP contribution in [0, 0.1) is 0 Å². The van der Waals surface area contributed by atoms with Gasteiger partial charge in [0.25, 0.3) is 0 Å². The van der Waals surface area contributed by atoms with Gasteiger partial charge < -0.3 is 5.32 Å². The van der Waals surface area contributed by atoms with Crippen LogP contribution >= 0.6 is 11.6 Å². The van der Waals surface area contributed by atoms with Gasteiger partial charge in [-0.05, 0) is 36.8 Å². The van der Waals surface area contributed by atoms with Gasteiger partial charge in [-0.3, -0.25) is 0 Å². The van der Waals surface area contributed by atoms with Gasteiger partial charge in [0, 0.05) is 10.4 Å². The van der Waals surface area contributed by atoms with E-state index in [4.69, 9.17) is 11.6 Å². The van der Waals surface area contributed by atoms with E-state index in [0.717, 1.165) is 27.3 Å². The zero-order valence-corrected chi connectivity index (χ0v) is 11.9. The van der Waals surface area contributed by atoms with E-state index in [1.165, 1.54) is 0 Å². The predicted octanol–water partition coefficient (Wildman–Crippen LogP) is 5.06. The van der Waals surface area contributed by atoms with E-state index in [1.807, 2.05) is 48.5 Å². The molecule has 1 unspecified atom stereocenters. The molecule has 3 heteroatoms. The molecule has 0 aliphatic heterocycles. The number of halogens is 1. The minimum atomic E-state index is 0.109. The van der Waals surface area contributed by atoms with Crippen LogP contribution in [-0.2, 0) is 0 Å². The highest BCUT2D eigenvalue weighted by atomic mass is 35.5. The van der Waals surface area contributed by atoms with Crippen LogP contribution in [0.5, 0.6) is 0 Å². The van der Waals surface area contributed by atoms with Crippen molar-refractivity contribution in [3.63, 3.8) is 0 Å². The largest absolute Gasteiger partial charge is 0.363 e. The Labute approximate surface area is 123 Å². The number of hydrogen-bond acceptors (Lipinski definition) is 2. The molecule has 2 nitrogen and oxygen atoms in total. The number of fused-ring (bicyclic) bond motifs is 1. The molecule has 0 spiro atoms. The first-order valence-corrected chi connectivity index (χ1v) is 6.98. The first-order valence-electron chi connectivity index (χ1n) is 6.61. The minimum Gasteiger partial charge on any atom is -0.363 e. The minimum absolute atomic E-state index is 0.109. The van der Waals surface area contributed by atoms with Crippen molar-refractivity contribution in [2.75, 3.05) is 5.32 Å². The molecule has 0 radical (unpaired) electrons. The van der Waals surface area contributed by atoms with Gasteiger partial charge in [-0.15, -0.1) is 0 Å². The van der Waals surface area contributed by atoms with E-state index in [9.17, 15) is 0 Å². The van der Waals surface area contributed by atoms with E-state index < -0.39 is 0 Å². The van der Waals surface area contributed by atoms with Crippen LogP contribution < -0.4 is 5.32 Å². The molecule has 0 saturated carbocycles. The third kappa shape index (κ3) is 2.61. The number of benzene rings is 2. The number of nitrogens with zero attached hydrogens (tertiary/aromatic N) is 1. The lowest BCUT2D eigenvalue weighted by molar-refractivity contribution is 0.877. The Hall–Kier alpha value is -2.06. The van der Waals surface area contributed by atoms with Gasteiger partial charge in [-0.2, -0.15) is 0 Å². The fraction of sp³-hybridized carbons (Fsp3) is 0.118. The third-order valence-corrected chi connectivity index (χ3v) is 3.68. The fourth-order valence-electron chi connectivity index (χ4n) is 2.27. The molecule has 1 aromatic heterocycles. The topological polar surface area (TPSA) is 24.9 Å². The Bertz CT molecular complexity index is 740. The van der Waals surface area contributed by atoms with Crippen molar-refractivity contribution in [3.05, 3.63) is 71.2 Å². The van der Waals surface area contributed by atoms with Gasteiger partial charge in [0.15, 0.2) is 0 Å². The van der Waals surface area contributed by atoms with Crippen molar-refractivity contribution in [2.24, 2.45) is 0 Å². The van der Waals surface area contributed by atoms with Gasteiger partial charge in [-0.25, -0.2) is 4.98 Å². The molecule has 0 fully saturated rings. The number of anilines is 1. The molecule has 0 aliphatic rings. The molecule has 0 amide bonds. The summed E-state index contributed by atoms with van der Waals surface area (Å²) in [6.45, 7) is 2.08. The summed E-state index contributed by atoms with van der Waals surface area (Å²) in [5, 5.41) is 5.31. The van der Waals surface area contributed by atoms with E-state index in [-0.39, 0.29) is 6.04 Å². The number of rotatable bonds is 3. The van der Waals surface area contributed by atoms with E-state index in [2.05, 4.69) is 29.4 Å². The SMILES string of the molecule is CC(Nc1ccc2ccccc2n1)c1ccccc1Cl. The summed E-state index contributed by atoms with van der Waals surface area (Å²) in [7, 11) is 0. The Balaban J connectivity index is 1.87. The van der Waals surface area contributed by atoms with Crippen molar-refractivity contribution in [3.8, 4) is 0 Å². The maximum absolute atomic E-state index is 6.22. The van der Waals surface area contributed by atoms with E-state index >= 15 is 0 Å². The summed E-state index contributed by atoms with van der Waals surface area (Å²) in [6.07, 6.45) is 0. The summed E-state index contributed by atoms with van der Waals surface area (Å²) in [6, 6.07) is 20.1. The Kier molecular flexibility index (Phi) is 3.57. The lowest BCUT2D eigenvalue weighted by atomic mass is 10.1. The van der Waals surface area contributed by atoms with Crippen LogP contribution in [0.4, 0.5) is 5.82 Å². The maximum atomic E-state index is 6.22. The summed E-state index contributed by atoms with van der Waals surface area (Å²) < 4.78 is 0.